The Balaban J connectivity index is 4.78. The van der Waals surface area contributed by atoms with Gasteiger partial charge in [0.25, 0.3) is 0 Å². The molecular weight excluding hydrogens is 725 g/mol. The molecule has 0 aliphatic carbocycles. The van der Waals surface area contributed by atoms with Gasteiger partial charge in [0, 0.05) is 24.3 Å². The zero-order valence-corrected chi connectivity index (χ0v) is 37.8. The summed E-state index contributed by atoms with van der Waals surface area (Å²) in [5.41, 5.74) is -0.677. The highest BCUT2D eigenvalue weighted by molar-refractivity contribution is 7.99. The van der Waals surface area contributed by atoms with Crippen molar-refractivity contribution in [1.29, 1.82) is 0 Å². The van der Waals surface area contributed by atoms with Crippen molar-refractivity contribution in [3.05, 3.63) is 12.7 Å². The summed E-state index contributed by atoms with van der Waals surface area (Å²) in [5, 5.41) is 0. The first-order valence-electron chi connectivity index (χ1n) is 22.9. The van der Waals surface area contributed by atoms with Gasteiger partial charge in [-0.05, 0) is 33.6 Å². The molecule has 0 aliphatic rings. The highest BCUT2D eigenvalue weighted by atomic mass is 32.2. The van der Waals surface area contributed by atoms with E-state index in [1.165, 1.54) is 146 Å². The standard InChI is InChI=1S/C47H86O8S/c1-7-10-12-14-16-18-20-22-24-26-28-30-32-34-43(48)53-38-42(40-56-39-41(46(51)52-36-9-3)37-45(50)55-47(4,5)6)54-44(49)35-33-31-29-27-25-23-21-19-17-15-13-11-8-2/h9,41-42H,3,7-8,10-40H2,1-2,4-6H3/t41-,42?/m0/s1. The van der Waals surface area contributed by atoms with Crippen LogP contribution in [0.3, 0.4) is 0 Å². The van der Waals surface area contributed by atoms with Gasteiger partial charge in [0.2, 0.25) is 0 Å². The number of thioether (sulfide) groups is 1. The van der Waals surface area contributed by atoms with Gasteiger partial charge in [-0.25, -0.2) is 0 Å². The van der Waals surface area contributed by atoms with Crippen molar-refractivity contribution in [2.75, 3.05) is 24.7 Å². The van der Waals surface area contributed by atoms with E-state index >= 15 is 0 Å². The molecule has 0 aliphatic heterocycles. The lowest BCUT2D eigenvalue weighted by Crippen LogP contribution is -2.30. The molecule has 0 aromatic heterocycles. The third-order valence-corrected chi connectivity index (χ3v) is 11.1. The largest absolute Gasteiger partial charge is 0.462 e. The molecule has 0 aromatic carbocycles. The molecule has 328 valence electrons. The number of esters is 4. The smallest absolute Gasteiger partial charge is 0.310 e. The maximum Gasteiger partial charge on any atom is 0.310 e. The van der Waals surface area contributed by atoms with Crippen LogP contribution in [0.4, 0.5) is 0 Å². The minimum absolute atomic E-state index is 0.0355. The Hall–Kier alpha value is -2.03. The van der Waals surface area contributed by atoms with E-state index in [2.05, 4.69) is 20.4 Å². The lowest BCUT2D eigenvalue weighted by Gasteiger charge is -2.22. The maximum absolute atomic E-state index is 12.9. The molecule has 0 saturated heterocycles. The minimum atomic E-state index is -0.741. The van der Waals surface area contributed by atoms with Crippen LogP contribution >= 0.6 is 11.8 Å². The second kappa shape index (κ2) is 38.5. The summed E-state index contributed by atoms with van der Waals surface area (Å²) in [6.45, 7) is 13.5. The SMILES string of the molecule is C=CCOC(=O)[C@H](CSCC(COC(=O)CCCCCCCCCCCCCCC)OC(=O)CCCCCCCCCCCCCCC)CC(=O)OC(C)(C)C. The predicted molar refractivity (Wildman–Crippen MR) is 234 cm³/mol. The van der Waals surface area contributed by atoms with Gasteiger partial charge in [-0.1, -0.05) is 181 Å². The summed E-state index contributed by atoms with van der Waals surface area (Å²) in [7, 11) is 0. The molecule has 0 saturated carbocycles. The van der Waals surface area contributed by atoms with Gasteiger partial charge in [-0.3, -0.25) is 19.2 Å². The van der Waals surface area contributed by atoms with Gasteiger partial charge in [-0.15, -0.1) is 0 Å². The van der Waals surface area contributed by atoms with Crippen molar-refractivity contribution in [3.8, 4) is 0 Å². The Labute approximate surface area is 348 Å². The van der Waals surface area contributed by atoms with E-state index < -0.39 is 29.6 Å². The molecule has 0 amide bonds. The molecular formula is C47H86O8S. The van der Waals surface area contributed by atoms with Crippen LogP contribution in [0.1, 0.15) is 221 Å². The quantitative estimate of drug-likeness (QED) is 0.0259. The molecule has 0 N–H and O–H groups in total. The Morgan fingerprint density at radius 1 is 0.554 bits per heavy atom. The van der Waals surface area contributed by atoms with Gasteiger partial charge in [0.15, 0.2) is 0 Å². The van der Waals surface area contributed by atoms with Crippen LogP contribution in [-0.4, -0.2) is 60.3 Å². The Morgan fingerprint density at radius 3 is 1.38 bits per heavy atom. The van der Waals surface area contributed by atoms with Crippen LogP contribution in [0.15, 0.2) is 12.7 Å². The average molecular weight is 811 g/mol. The van der Waals surface area contributed by atoms with Crippen molar-refractivity contribution in [2.45, 2.75) is 233 Å². The molecule has 0 rings (SSSR count). The molecule has 2 atom stereocenters. The topological polar surface area (TPSA) is 105 Å². The number of hydrogen-bond donors (Lipinski definition) is 0. The number of ether oxygens (including phenoxy) is 4. The average Bonchev–Trinajstić information content (AvgIpc) is 3.15. The number of rotatable bonds is 40. The summed E-state index contributed by atoms with van der Waals surface area (Å²) in [5.74, 6) is -1.75. The van der Waals surface area contributed by atoms with Gasteiger partial charge < -0.3 is 18.9 Å². The van der Waals surface area contributed by atoms with Crippen molar-refractivity contribution in [1.82, 2.24) is 0 Å². The predicted octanol–water partition coefficient (Wildman–Crippen LogP) is 13.2. The molecule has 0 fully saturated rings. The van der Waals surface area contributed by atoms with Crippen molar-refractivity contribution >= 4 is 35.6 Å². The molecule has 0 spiro atoms. The monoisotopic (exact) mass is 811 g/mol. The van der Waals surface area contributed by atoms with Crippen LogP contribution in [0.5, 0.6) is 0 Å². The van der Waals surface area contributed by atoms with Gasteiger partial charge in [-0.2, -0.15) is 11.8 Å². The maximum atomic E-state index is 12.9. The Morgan fingerprint density at radius 2 is 0.964 bits per heavy atom. The van der Waals surface area contributed by atoms with E-state index in [0.29, 0.717) is 18.6 Å². The summed E-state index contributed by atoms with van der Waals surface area (Å²) < 4.78 is 22.1. The van der Waals surface area contributed by atoms with Crippen molar-refractivity contribution in [2.24, 2.45) is 5.92 Å². The zero-order chi connectivity index (χ0) is 41.5. The number of carbonyl (C=O) groups excluding carboxylic acids is 4. The van der Waals surface area contributed by atoms with Crippen LogP contribution in [0.2, 0.25) is 0 Å². The minimum Gasteiger partial charge on any atom is -0.462 e. The summed E-state index contributed by atoms with van der Waals surface area (Å²) in [4.78, 5) is 50.9. The lowest BCUT2D eigenvalue weighted by atomic mass is 10.0. The zero-order valence-electron chi connectivity index (χ0n) is 36.9. The fourth-order valence-corrected chi connectivity index (χ4v) is 7.69. The molecule has 0 bridgehead atoms. The second-order valence-corrected chi connectivity index (χ2v) is 17.8. The molecule has 0 heterocycles. The van der Waals surface area contributed by atoms with Crippen LogP contribution in [0.25, 0.3) is 0 Å². The Kier molecular flexibility index (Phi) is 37.1. The van der Waals surface area contributed by atoms with Crippen LogP contribution in [-0.2, 0) is 38.1 Å². The highest BCUT2D eigenvalue weighted by Gasteiger charge is 2.28. The first kappa shape index (κ1) is 54.0. The van der Waals surface area contributed by atoms with E-state index in [9.17, 15) is 19.2 Å². The van der Waals surface area contributed by atoms with Crippen molar-refractivity contribution in [3.63, 3.8) is 0 Å². The Bertz CT molecular complexity index is 978. The third-order valence-electron chi connectivity index (χ3n) is 9.83. The molecule has 8 nitrogen and oxygen atoms in total. The highest BCUT2D eigenvalue weighted by Crippen LogP contribution is 2.21. The first-order valence-corrected chi connectivity index (χ1v) is 24.1. The van der Waals surface area contributed by atoms with E-state index in [1.54, 1.807) is 20.8 Å². The second-order valence-electron chi connectivity index (χ2n) is 16.7. The van der Waals surface area contributed by atoms with Crippen LogP contribution < -0.4 is 0 Å². The van der Waals surface area contributed by atoms with E-state index in [1.807, 2.05) is 0 Å². The molecule has 0 aromatic rings. The van der Waals surface area contributed by atoms with Gasteiger partial charge in [0.1, 0.15) is 24.9 Å². The summed E-state index contributed by atoms with van der Waals surface area (Å²) in [6.07, 6.45) is 33.4. The number of carbonyl (C=O) groups is 4. The van der Waals surface area contributed by atoms with E-state index in [0.717, 1.165) is 38.5 Å². The normalized spacial score (nSPS) is 12.5. The molecule has 9 heteroatoms. The molecule has 1 unspecified atom stereocenters. The van der Waals surface area contributed by atoms with Gasteiger partial charge in [0.05, 0.1) is 12.3 Å². The number of hydrogen-bond acceptors (Lipinski definition) is 9. The van der Waals surface area contributed by atoms with Crippen LogP contribution in [0, 0.1) is 5.92 Å². The summed E-state index contributed by atoms with van der Waals surface area (Å²) >= 11 is 1.37. The third kappa shape index (κ3) is 37.5. The van der Waals surface area contributed by atoms with E-state index in [-0.39, 0.29) is 37.3 Å². The van der Waals surface area contributed by atoms with Crippen molar-refractivity contribution < 1.29 is 38.1 Å². The first-order chi connectivity index (χ1) is 27.0. The molecule has 56 heavy (non-hydrogen) atoms. The van der Waals surface area contributed by atoms with Gasteiger partial charge >= 0.3 is 23.9 Å². The van der Waals surface area contributed by atoms with E-state index in [4.69, 9.17) is 18.9 Å². The fraction of sp³-hybridized carbons (Fsp3) is 0.872. The molecule has 0 radical (unpaired) electrons. The summed E-state index contributed by atoms with van der Waals surface area (Å²) in [6, 6.07) is 0. The number of unbranched alkanes of at least 4 members (excludes halogenated alkanes) is 24. The lowest BCUT2D eigenvalue weighted by molar-refractivity contribution is -0.160. The fourth-order valence-electron chi connectivity index (χ4n) is 6.59.